The minimum absolute atomic E-state index is 0.617. The van der Waals surface area contributed by atoms with Gasteiger partial charge in [0.15, 0.2) is 11.5 Å². The first-order chi connectivity index (χ1) is 9.24. The van der Waals surface area contributed by atoms with E-state index in [9.17, 15) is 0 Å². The largest absolute Gasteiger partial charge is 0.490 e. The average molecular weight is 265 g/mol. The van der Waals surface area contributed by atoms with E-state index in [1.807, 2.05) is 20.0 Å². The van der Waals surface area contributed by atoms with Gasteiger partial charge in [0.25, 0.3) is 0 Å². The minimum atomic E-state index is 0.617. The van der Waals surface area contributed by atoms with Gasteiger partial charge >= 0.3 is 0 Å². The van der Waals surface area contributed by atoms with Crippen molar-refractivity contribution in [1.29, 1.82) is 0 Å². The third kappa shape index (κ3) is 5.11. The summed E-state index contributed by atoms with van der Waals surface area (Å²) in [6, 6.07) is 6.16. The molecule has 0 aliphatic heterocycles. The van der Waals surface area contributed by atoms with Gasteiger partial charge in [-0.2, -0.15) is 0 Å². The van der Waals surface area contributed by atoms with Crippen LogP contribution in [0.25, 0.3) is 0 Å². The molecule has 1 aromatic rings. The van der Waals surface area contributed by atoms with Crippen molar-refractivity contribution in [1.82, 2.24) is 5.32 Å². The van der Waals surface area contributed by atoms with E-state index < -0.39 is 0 Å². The number of ether oxygens (including phenoxy) is 2. The predicted octanol–water partition coefficient (Wildman–Crippen LogP) is 3.62. The first-order valence-electron chi connectivity index (χ1n) is 7.28. The topological polar surface area (TPSA) is 30.5 Å². The fourth-order valence-corrected chi connectivity index (χ4v) is 1.99. The summed E-state index contributed by atoms with van der Waals surface area (Å²) < 4.78 is 11.6. The lowest BCUT2D eigenvalue weighted by Gasteiger charge is -2.17. The van der Waals surface area contributed by atoms with E-state index in [1.165, 1.54) is 5.56 Å². The molecule has 0 unspecified atom stereocenters. The highest BCUT2D eigenvalue weighted by Gasteiger charge is 2.09. The zero-order valence-electron chi connectivity index (χ0n) is 12.7. The van der Waals surface area contributed by atoms with E-state index in [2.05, 4.69) is 31.3 Å². The SMILES string of the molecule is CCOc1cc(CNC)ccc1OCC(CC)CC. The first-order valence-corrected chi connectivity index (χ1v) is 7.28. The molecular formula is C16H27NO2. The van der Waals surface area contributed by atoms with Crippen LogP contribution in [0.2, 0.25) is 0 Å². The van der Waals surface area contributed by atoms with Gasteiger partial charge in [-0.05, 0) is 37.6 Å². The molecule has 0 saturated heterocycles. The van der Waals surface area contributed by atoms with E-state index in [0.29, 0.717) is 12.5 Å². The second-order valence-electron chi connectivity index (χ2n) is 4.74. The van der Waals surface area contributed by atoms with Crippen molar-refractivity contribution in [3.63, 3.8) is 0 Å². The molecule has 0 aliphatic rings. The minimum Gasteiger partial charge on any atom is -0.490 e. The molecule has 0 fully saturated rings. The molecule has 0 spiro atoms. The fraction of sp³-hybridized carbons (Fsp3) is 0.625. The number of rotatable bonds is 9. The van der Waals surface area contributed by atoms with Crippen LogP contribution >= 0.6 is 0 Å². The van der Waals surface area contributed by atoms with Crippen LogP contribution in [-0.2, 0) is 6.54 Å². The number of nitrogens with one attached hydrogen (secondary N) is 1. The van der Waals surface area contributed by atoms with Gasteiger partial charge < -0.3 is 14.8 Å². The smallest absolute Gasteiger partial charge is 0.161 e. The second kappa shape index (κ2) is 8.81. The summed E-state index contributed by atoms with van der Waals surface area (Å²) in [6.45, 7) is 8.67. The van der Waals surface area contributed by atoms with E-state index in [-0.39, 0.29) is 0 Å². The van der Waals surface area contributed by atoms with E-state index in [4.69, 9.17) is 9.47 Å². The summed E-state index contributed by atoms with van der Waals surface area (Å²) in [4.78, 5) is 0. The summed E-state index contributed by atoms with van der Waals surface area (Å²) >= 11 is 0. The molecule has 108 valence electrons. The van der Waals surface area contributed by atoms with Gasteiger partial charge in [0.05, 0.1) is 13.2 Å². The van der Waals surface area contributed by atoms with Gasteiger partial charge in [0.1, 0.15) is 0 Å². The molecule has 19 heavy (non-hydrogen) atoms. The summed E-state index contributed by atoms with van der Waals surface area (Å²) in [5.41, 5.74) is 1.21. The van der Waals surface area contributed by atoms with Gasteiger partial charge in [-0.3, -0.25) is 0 Å². The predicted molar refractivity (Wildman–Crippen MR) is 79.9 cm³/mol. The number of hydrogen-bond donors (Lipinski definition) is 1. The van der Waals surface area contributed by atoms with Gasteiger partial charge in [-0.1, -0.05) is 32.8 Å². The molecule has 0 aromatic heterocycles. The second-order valence-corrected chi connectivity index (χ2v) is 4.74. The Morgan fingerprint density at radius 2 is 1.79 bits per heavy atom. The van der Waals surface area contributed by atoms with Gasteiger partial charge in [-0.15, -0.1) is 0 Å². The zero-order chi connectivity index (χ0) is 14.1. The molecule has 1 rings (SSSR count). The molecule has 0 radical (unpaired) electrons. The Morgan fingerprint density at radius 1 is 1.05 bits per heavy atom. The van der Waals surface area contributed by atoms with Crippen LogP contribution in [-0.4, -0.2) is 20.3 Å². The van der Waals surface area contributed by atoms with Crippen LogP contribution in [0, 0.1) is 5.92 Å². The van der Waals surface area contributed by atoms with Crippen LogP contribution in [0.4, 0.5) is 0 Å². The third-order valence-corrected chi connectivity index (χ3v) is 3.32. The molecule has 0 heterocycles. The molecule has 0 bridgehead atoms. The Kier molecular flexibility index (Phi) is 7.34. The highest BCUT2D eigenvalue weighted by molar-refractivity contribution is 5.43. The fourth-order valence-electron chi connectivity index (χ4n) is 1.99. The van der Waals surface area contributed by atoms with Gasteiger partial charge in [0.2, 0.25) is 0 Å². The Balaban J connectivity index is 2.74. The maximum Gasteiger partial charge on any atom is 0.161 e. The summed E-state index contributed by atoms with van der Waals surface area (Å²) in [6.07, 6.45) is 2.30. The first kappa shape index (κ1) is 15.8. The molecule has 0 amide bonds. The Bertz CT molecular complexity index is 362. The van der Waals surface area contributed by atoms with Gasteiger partial charge in [0, 0.05) is 6.54 Å². The lowest BCUT2D eigenvalue weighted by atomic mass is 10.1. The maximum absolute atomic E-state index is 5.92. The number of benzene rings is 1. The highest BCUT2D eigenvalue weighted by atomic mass is 16.5. The van der Waals surface area contributed by atoms with E-state index in [0.717, 1.165) is 37.5 Å². The van der Waals surface area contributed by atoms with Crippen molar-refractivity contribution < 1.29 is 9.47 Å². The van der Waals surface area contributed by atoms with Crippen LogP contribution in [0.5, 0.6) is 11.5 Å². The molecule has 3 nitrogen and oxygen atoms in total. The average Bonchev–Trinajstić information content (AvgIpc) is 2.42. The van der Waals surface area contributed by atoms with Gasteiger partial charge in [-0.25, -0.2) is 0 Å². The summed E-state index contributed by atoms with van der Waals surface area (Å²) in [7, 11) is 1.94. The Labute approximate surface area is 117 Å². The van der Waals surface area contributed by atoms with Crippen molar-refractivity contribution in [3.05, 3.63) is 23.8 Å². The van der Waals surface area contributed by atoms with E-state index >= 15 is 0 Å². The van der Waals surface area contributed by atoms with Crippen LogP contribution in [0.15, 0.2) is 18.2 Å². The van der Waals surface area contributed by atoms with Crippen molar-refractivity contribution in [2.75, 3.05) is 20.3 Å². The number of hydrogen-bond acceptors (Lipinski definition) is 3. The highest BCUT2D eigenvalue weighted by Crippen LogP contribution is 2.29. The van der Waals surface area contributed by atoms with Crippen LogP contribution < -0.4 is 14.8 Å². The third-order valence-electron chi connectivity index (χ3n) is 3.32. The summed E-state index contributed by atoms with van der Waals surface area (Å²) in [5.74, 6) is 2.32. The molecule has 0 aliphatic carbocycles. The van der Waals surface area contributed by atoms with E-state index in [1.54, 1.807) is 0 Å². The van der Waals surface area contributed by atoms with Crippen molar-refractivity contribution >= 4 is 0 Å². The molecule has 1 N–H and O–H groups in total. The Morgan fingerprint density at radius 3 is 2.37 bits per heavy atom. The monoisotopic (exact) mass is 265 g/mol. The lowest BCUT2D eigenvalue weighted by Crippen LogP contribution is -2.11. The van der Waals surface area contributed by atoms with Crippen molar-refractivity contribution in [3.8, 4) is 11.5 Å². The standard InChI is InChI=1S/C16H27NO2/c1-5-13(6-2)12-19-15-9-8-14(11-17-4)10-16(15)18-7-3/h8-10,13,17H,5-7,11-12H2,1-4H3. The zero-order valence-corrected chi connectivity index (χ0v) is 12.7. The molecule has 1 aromatic carbocycles. The van der Waals surface area contributed by atoms with Crippen molar-refractivity contribution in [2.24, 2.45) is 5.92 Å². The van der Waals surface area contributed by atoms with Crippen molar-refractivity contribution in [2.45, 2.75) is 40.2 Å². The van der Waals surface area contributed by atoms with Crippen LogP contribution in [0.1, 0.15) is 39.2 Å². The molecular weight excluding hydrogens is 238 g/mol. The quantitative estimate of drug-likeness (QED) is 0.739. The normalized spacial score (nSPS) is 10.8. The molecule has 0 saturated carbocycles. The molecule has 3 heteroatoms. The van der Waals surface area contributed by atoms with Crippen LogP contribution in [0.3, 0.4) is 0 Å². The maximum atomic E-state index is 5.92. The summed E-state index contributed by atoms with van der Waals surface area (Å²) in [5, 5.41) is 3.14. The lowest BCUT2D eigenvalue weighted by molar-refractivity contribution is 0.225. The molecule has 0 atom stereocenters. The Hall–Kier alpha value is -1.22.